The number of hydrogen-bond donors (Lipinski definition) is 0. The summed E-state index contributed by atoms with van der Waals surface area (Å²) in [5.74, 6) is -0.602. The van der Waals surface area contributed by atoms with Crippen molar-refractivity contribution >= 4 is 40.7 Å². The number of ketones is 1. The first-order chi connectivity index (χ1) is 13.8. The van der Waals surface area contributed by atoms with Crippen molar-refractivity contribution in [1.29, 1.82) is 0 Å². The second-order valence-corrected chi connectivity index (χ2v) is 6.71. The molecular weight excluding hydrogens is 420 g/mol. The Balaban J connectivity index is 1.85. The van der Waals surface area contributed by atoms with Crippen molar-refractivity contribution in [3.05, 3.63) is 104 Å². The molecule has 0 aliphatic carbocycles. The Kier molecular flexibility index (Phi) is 6.26. The van der Waals surface area contributed by atoms with Crippen LogP contribution in [0.4, 0.5) is 10.1 Å². The highest BCUT2D eigenvalue weighted by Gasteiger charge is 2.17. The van der Waals surface area contributed by atoms with Crippen LogP contribution in [-0.4, -0.2) is 10.7 Å². The van der Waals surface area contributed by atoms with Gasteiger partial charge in [0.05, 0.1) is 9.95 Å². The van der Waals surface area contributed by atoms with Crippen LogP contribution in [0.1, 0.15) is 15.9 Å². The molecule has 8 heteroatoms. The van der Waals surface area contributed by atoms with Crippen molar-refractivity contribution in [2.45, 2.75) is 0 Å². The largest absolute Gasteiger partial charge is 0.450 e. The molecule has 0 amide bonds. The molecule has 0 spiro atoms. The summed E-state index contributed by atoms with van der Waals surface area (Å²) in [4.78, 5) is 23.1. The smallest absolute Gasteiger partial charge is 0.312 e. The van der Waals surface area contributed by atoms with E-state index in [1.165, 1.54) is 60.7 Å². The summed E-state index contributed by atoms with van der Waals surface area (Å²) in [5, 5.41) is 12.0. The number of nitro groups is 1. The number of nitrogens with zero attached hydrogens (tertiary/aromatic N) is 1. The molecule has 0 aromatic heterocycles. The van der Waals surface area contributed by atoms with Crippen LogP contribution in [0.2, 0.25) is 10.0 Å². The lowest BCUT2D eigenvalue weighted by molar-refractivity contribution is -0.385. The molecule has 3 aromatic rings. The SMILES string of the molecule is O=C(/C=C/c1ccc(Oc2ccc(F)cc2)c([N+](=O)[O-])c1)c1cc(Cl)ccc1Cl. The Labute approximate surface area is 175 Å². The Hall–Kier alpha value is -3.22. The zero-order valence-corrected chi connectivity index (χ0v) is 16.2. The molecule has 0 aliphatic heterocycles. The summed E-state index contributed by atoms with van der Waals surface area (Å²) in [7, 11) is 0. The molecule has 0 fully saturated rings. The molecule has 3 aromatic carbocycles. The number of allylic oxidation sites excluding steroid dienone is 1. The first kappa shape index (κ1) is 20.5. The Bertz CT molecular complexity index is 1110. The van der Waals surface area contributed by atoms with E-state index in [4.69, 9.17) is 27.9 Å². The number of carbonyl (C=O) groups is 1. The van der Waals surface area contributed by atoms with E-state index in [9.17, 15) is 19.3 Å². The number of rotatable bonds is 6. The van der Waals surface area contributed by atoms with Crippen LogP contribution >= 0.6 is 23.2 Å². The van der Waals surface area contributed by atoms with Gasteiger partial charge in [0.15, 0.2) is 5.78 Å². The van der Waals surface area contributed by atoms with Gasteiger partial charge in [-0.15, -0.1) is 0 Å². The van der Waals surface area contributed by atoms with Crippen molar-refractivity contribution in [3.63, 3.8) is 0 Å². The van der Waals surface area contributed by atoms with Crippen LogP contribution in [0.25, 0.3) is 6.08 Å². The summed E-state index contributed by atoms with van der Waals surface area (Å²) >= 11 is 11.9. The molecule has 0 aliphatic rings. The van der Waals surface area contributed by atoms with Gasteiger partial charge in [0.25, 0.3) is 0 Å². The van der Waals surface area contributed by atoms with Gasteiger partial charge in [0.2, 0.25) is 5.75 Å². The van der Waals surface area contributed by atoms with Gasteiger partial charge in [-0.1, -0.05) is 35.3 Å². The van der Waals surface area contributed by atoms with Gasteiger partial charge < -0.3 is 4.74 Å². The van der Waals surface area contributed by atoms with E-state index in [2.05, 4.69) is 0 Å². The maximum absolute atomic E-state index is 13.0. The van der Waals surface area contributed by atoms with E-state index in [-0.39, 0.29) is 27.8 Å². The van der Waals surface area contributed by atoms with E-state index in [0.29, 0.717) is 10.6 Å². The molecule has 0 heterocycles. The summed E-state index contributed by atoms with van der Waals surface area (Å²) in [5.41, 5.74) is 0.334. The fraction of sp³-hybridized carbons (Fsp3) is 0. The quantitative estimate of drug-likeness (QED) is 0.187. The lowest BCUT2D eigenvalue weighted by Crippen LogP contribution is -1.96. The minimum Gasteiger partial charge on any atom is -0.450 e. The third-order valence-electron chi connectivity index (χ3n) is 3.84. The van der Waals surface area contributed by atoms with Crippen LogP contribution in [0, 0.1) is 15.9 Å². The van der Waals surface area contributed by atoms with Crippen molar-refractivity contribution in [1.82, 2.24) is 0 Å². The second kappa shape index (κ2) is 8.86. The predicted molar refractivity (Wildman–Crippen MR) is 109 cm³/mol. The van der Waals surface area contributed by atoms with Crippen molar-refractivity contribution < 1.29 is 18.8 Å². The molecule has 29 heavy (non-hydrogen) atoms. The molecule has 0 unspecified atom stereocenters. The molecule has 3 rings (SSSR count). The highest BCUT2D eigenvalue weighted by atomic mass is 35.5. The fourth-order valence-corrected chi connectivity index (χ4v) is 2.83. The van der Waals surface area contributed by atoms with Crippen LogP contribution < -0.4 is 4.74 Å². The van der Waals surface area contributed by atoms with Gasteiger partial charge >= 0.3 is 5.69 Å². The number of carbonyl (C=O) groups excluding carboxylic acids is 1. The third-order valence-corrected chi connectivity index (χ3v) is 4.41. The molecule has 0 radical (unpaired) electrons. The average Bonchev–Trinajstić information content (AvgIpc) is 2.70. The maximum Gasteiger partial charge on any atom is 0.312 e. The van der Waals surface area contributed by atoms with Gasteiger partial charge in [-0.05, 0) is 60.2 Å². The molecule has 146 valence electrons. The fourth-order valence-electron chi connectivity index (χ4n) is 2.44. The van der Waals surface area contributed by atoms with E-state index >= 15 is 0 Å². The summed E-state index contributed by atoms with van der Waals surface area (Å²) in [6.07, 6.45) is 2.67. The van der Waals surface area contributed by atoms with E-state index in [1.54, 1.807) is 12.1 Å². The minimum atomic E-state index is -0.605. The topological polar surface area (TPSA) is 69.4 Å². The molecule has 0 atom stereocenters. The summed E-state index contributed by atoms with van der Waals surface area (Å²) in [6, 6.07) is 13.8. The highest BCUT2D eigenvalue weighted by molar-refractivity contribution is 6.36. The average molecular weight is 432 g/mol. The first-order valence-corrected chi connectivity index (χ1v) is 8.98. The van der Waals surface area contributed by atoms with Crippen molar-refractivity contribution in [2.75, 3.05) is 0 Å². The molecule has 0 saturated carbocycles. The lowest BCUT2D eigenvalue weighted by atomic mass is 10.1. The highest BCUT2D eigenvalue weighted by Crippen LogP contribution is 2.32. The summed E-state index contributed by atoms with van der Waals surface area (Å²) < 4.78 is 18.5. The lowest BCUT2D eigenvalue weighted by Gasteiger charge is -2.07. The van der Waals surface area contributed by atoms with E-state index in [0.717, 1.165) is 0 Å². The van der Waals surface area contributed by atoms with Crippen LogP contribution in [0.15, 0.2) is 66.7 Å². The zero-order chi connectivity index (χ0) is 21.0. The van der Waals surface area contributed by atoms with Crippen LogP contribution in [0.3, 0.4) is 0 Å². The Morgan fingerprint density at radius 3 is 2.45 bits per heavy atom. The Morgan fingerprint density at radius 2 is 1.76 bits per heavy atom. The third kappa shape index (κ3) is 5.19. The summed E-state index contributed by atoms with van der Waals surface area (Å²) in [6.45, 7) is 0. The monoisotopic (exact) mass is 431 g/mol. The van der Waals surface area contributed by atoms with Gasteiger partial charge in [0, 0.05) is 16.7 Å². The van der Waals surface area contributed by atoms with Crippen LogP contribution in [-0.2, 0) is 0 Å². The van der Waals surface area contributed by atoms with Gasteiger partial charge in [-0.2, -0.15) is 0 Å². The first-order valence-electron chi connectivity index (χ1n) is 8.23. The van der Waals surface area contributed by atoms with Crippen LogP contribution in [0.5, 0.6) is 11.5 Å². The number of hydrogen-bond acceptors (Lipinski definition) is 4. The number of ether oxygens (including phenoxy) is 1. The molecule has 0 N–H and O–H groups in total. The van der Waals surface area contributed by atoms with E-state index in [1.807, 2.05) is 0 Å². The van der Waals surface area contributed by atoms with Crippen molar-refractivity contribution in [2.24, 2.45) is 0 Å². The molecular formula is C21H12Cl2FNO4. The van der Waals surface area contributed by atoms with Gasteiger partial charge in [-0.25, -0.2) is 4.39 Å². The zero-order valence-electron chi connectivity index (χ0n) is 14.6. The van der Waals surface area contributed by atoms with Gasteiger partial charge in [-0.3, -0.25) is 14.9 Å². The minimum absolute atomic E-state index is 0.0111. The molecule has 0 saturated heterocycles. The van der Waals surface area contributed by atoms with Gasteiger partial charge in [0.1, 0.15) is 11.6 Å². The van der Waals surface area contributed by atoms with E-state index < -0.39 is 16.5 Å². The standard InChI is InChI=1S/C21H12Cl2FNO4/c22-14-3-8-18(23)17(12-14)20(26)9-1-13-2-10-21(19(11-13)25(27)28)29-16-6-4-15(24)5-7-16/h1-12H/b9-1+. The second-order valence-electron chi connectivity index (χ2n) is 5.86. The number of halogens is 3. The number of nitro benzene ring substituents is 1. The normalized spacial score (nSPS) is 10.9. The molecule has 0 bridgehead atoms. The maximum atomic E-state index is 13.0. The predicted octanol–water partition coefficient (Wildman–Crippen LogP) is 6.73. The molecule has 5 nitrogen and oxygen atoms in total. The van der Waals surface area contributed by atoms with Crippen molar-refractivity contribution in [3.8, 4) is 11.5 Å². The Morgan fingerprint density at radius 1 is 1.03 bits per heavy atom. The number of benzene rings is 3.